The van der Waals surface area contributed by atoms with Gasteiger partial charge in [0, 0.05) is 11.9 Å². The number of piperidine rings is 1. The maximum absolute atomic E-state index is 12.0. The van der Waals surface area contributed by atoms with Gasteiger partial charge in [-0.25, -0.2) is 4.98 Å². The average Bonchev–Trinajstić information content (AvgIpc) is 3.15. The van der Waals surface area contributed by atoms with Crippen LogP contribution in [0.4, 0.5) is 0 Å². The van der Waals surface area contributed by atoms with E-state index >= 15 is 0 Å². The standard InChI is InChI=1S/C15H18ClN3OS2/c16-13-4-3-12(22-13)15-19-11(9-21-15)6-14(20)18-8-10-2-1-5-17-7-10/h3-4,9-10,17H,1-2,5-8H2,(H,18,20). The molecule has 4 nitrogen and oxygen atoms in total. The van der Waals surface area contributed by atoms with Gasteiger partial charge in [0.2, 0.25) is 5.91 Å². The number of carbonyl (C=O) groups is 1. The molecule has 1 aliphatic heterocycles. The van der Waals surface area contributed by atoms with Crippen LogP contribution in [0.5, 0.6) is 0 Å². The molecule has 1 unspecified atom stereocenters. The van der Waals surface area contributed by atoms with E-state index in [1.807, 2.05) is 17.5 Å². The molecule has 0 radical (unpaired) electrons. The highest BCUT2D eigenvalue weighted by Gasteiger charge is 2.15. The number of halogens is 1. The second-order valence-electron chi connectivity index (χ2n) is 5.44. The van der Waals surface area contributed by atoms with E-state index in [1.54, 1.807) is 11.3 Å². The molecule has 1 fully saturated rings. The van der Waals surface area contributed by atoms with E-state index in [0.717, 1.165) is 39.5 Å². The summed E-state index contributed by atoms with van der Waals surface area (Å²) in [5.74, 6) is 0.601. The van der Waals surface area contributed by atoms with Crippen molar-refractivity contribution < 1.29 is 4.79 Å². The Morgan fingerprint density at radius 2 is 2.41 bits per heavy atom. The fourth-order valence-corrected chi connectivity index (χ4v) is 4.45. The van der Waals surface area contributed by atoms with Gasteiger partial charge in [-0.15, -0.1) is 22.7 Å². The predicted octanol–water partition coefficient (Wildman–Crippen LogP) is 3.18. The van der Waals surface area contributed by atoms with E-state index in [2.05, 4.69) is 15.6 Å². The minimum absolute atomic E-state index is 0.0478. The van der Waals surface area contributed by atoms with Crippen LogP contribution >= 0.6 is 34.3 Å². The molecule has 1 atom stereocenters. The van der Waals surface area contributed by atoms with Gasteiger partial charge in [0.25, 0.3) is 0 Å². The third-order valence-corrected chi connectivity index (χ3v) is 5.96. The van der Waals surface area contributed by atoms with Crippen molar-refractivity contribution >= 4 is 40.2 Å². The highest BCUT2D eigenvalue weighted by atomic mass is 35.5. The van der Waals surface area contributed by atoms with E-state index in [9.17, 15) is 4.79 Å². The number of hydrogen-bond acceptors (Lipinski definition) is 5. The smallest absolute Gasteiger partial charge is 0.226 e. The van der Waals surface area contributed by atoms with E-state index in [4.69, 9.17) is 11.6 Å². The topological polar surface area (TPSA) is 54.0 Å². The zero-order valence-corrected chi connectivity index (χ0v) is 14.5. The number of hydrogen-bond donors (Lipinski definition) is 2. The molecule has 2 N–H and O–H groups in total. The van der Waals surface area contributed by atoms with Gasteiger partial charge in [0.1, 0.15) is 5.01 Å². The fourth-order valence-electron chi connectivity index (χ4n) is 2.51. The molecule has 1 saturated heterocycles. The summed E-state index contributed by atoms with van der Waals surface area (Å²) in [6.07, 6.45) is 2.72. The Labute approximate surface area is 142 Å². The molecule has 2 aromatic rings. The van der Waals surface area contributed by atoms with E-state index < -0.39 is 0 Å². The zero-order chi connectivity index (χ0) is 15.4. The summed E-state index contributed by atoms with van der Waals surface area (Å²) in [4.78, 5) is 17.6. The predicted molar refractivity (Wildman–Crippen MR) is 92.7 cm³/mol. The third-order valence-electron chi connectivity index (χ3n) is 3.66. The monoisotopic (exact) mass is 355 g/mol. The van der Waals surface area contributed by atoms with Crippen molar-refractivity contribution in [2.75, 3.05) is 19.6 Å². The van der Waals surface area contributed by atoms with Gasteiger partial charge < -0.3 is 10.6 Å². The number of amides is 1. The van der Waals surface area contributed by atoms with Gasteiger partial charge in [-0.3, -0.25) is 4.79 Å². The Bertz CT molecular complexity index is 634. The van der Waals surface area contributed by atoms with Gasteiger partial charge in [-0.2, -0.15) is 0 Å². The van der Waals surface area contributed by atoms with Crippen molar-refractivity contribution in [2.45, 2.75) is 19.3 Å². The molecule has 7 heteroatoms. The number of thiophene rings is 1. The summed E-state index contributed by atoms with van der Waals surface area (Å²) in [5.41, 5.74) is 0.823. The maximum atomic E-state index is 12.0. The quantitative estimate of drug-likeness (QED) is 0.866. The summed E-state index contributed by atoms with van der Waals surface area (Å²) >= 11 is 9.01. The summed E-state index contributed by atoms with van der Waals surface area (Å²) in [7, 11) is 0. The first-order valence-electron chi connectivity index (χ1n) is 7.38. The van der Waals surface area contributed by atoms with Crippen molar-refractivity contribution in [1.29, 1.82) is 0 Å². The lowest BCUT2D eigenvalue weighted by Gasteiger charge is -2.22. The van der Waals surface area contributed by atoms with Crippen molar-refractivity contribution in [2.24, 2.45) is 5.92 Å². The molecule has 1 amide bonds. The third kappa shape index (κ3) is 4.29. The molecule has 3 rings (SSSR count). The Balaban J connectivity index is 1.50. The van der Waals surface area contributed by atoms with Crippen LogP contribution in [0.25, 0.3) is 9.88 Å². The SMILES string of the molecule is O=C(Cc1csc(-c2ccc(Cl)s2)n1)NCC1CCCNC1. The minimum Gasteiger partial charge on any atom is -0.355 e. The lowest BCUT2D eigenvalue weighted by atomic mass is 10.00. The highest BCUT2D eigenvalue weighted by molar-refractivity contribution is 7.23. The molecule has 22 heavy (non-hydrogen) atoms. The lowest BCUT2D eigenvalue weighted by Crippen LogP contribution is -2.38. The molecule has 1 aliphatic rings. The summed E-state index contributed by atoms with van der Waals surface area (Å²) in [6, 6.07) is 3.83. The molecule has 118 valence electrons. The normalized spacial score (nSPS) is 18.3. The van der Waals surface area contributed by atoms with Crippen LogP contribution in [-0.2, 0) is 11.2 Å². The molecule has 2 aromatic heterocycles. The molecular formula is C15H18ClN3OS2. The number of thiazole rings is 1. The van der Waals surface area contributed by atoms with Crippen LogP contribution in [-0.4, -0.2) is 30.5 Å². The van der Waals surface area contributed by atoms with Gasteiger partial charge >= 0.3 is 0 Å². The number of aromatic nitrogens is 1. The fraction of sp³-hybridized carbons (Fsp3) is 0.467. The van der Waals surface area contributed by atoms with Crippen LogP contribution in [0.2, 0.25) is 4.34 Å². The van der Waals surface area contributed by atoms with Crippen molar-refractivity contribution in [3.63, 3.8) is 0 Å². The summed E-state index contributed by atoms with van der Waals surface area (Å²) < 4.78 is 0.755. The Morgan fingerprint density at radius 1 is 1.50 bits per heavy atom. The van der Waals surface area contributed by atoms with Crippen LogP contribution < -0.4 is 10.6 Å². The van der Waals surface area contributed by atoms with Crippen molar-refractivity contribution in [3.05, 3.63) is 27.5 Å². The van der Waals surface area contributed by atoms with Gasteiger partial charge in [-0.05, 0) is 44.0 Å². The molecule has 0 aliphatic carbocycles. The van der Waals surface area contributed by atoms with Crippen LogP contribution in [0.1, 0.15) is 18.5 Å². The minimum atomic E-state index is 0.0478. The summed E-state index contributed by atoms with van der Waals surface area (Å²) in [5, 5.41) is 9.26. The van der Waals surface area contributed by atoms with Gasteiger partial charge in [0.15, 0.2) is 0 Å². The van der Waals surface area contributed by atoms with Crippen LogP contribution in [0.3, 0.4) is 0 Å². The second-order valence-corrected chi connectivity index (χ2v) is 8.01. The lowest BCUT2D eigenvalue weighted by molar-refractivity contribution is -0.120. The number of nitrogens with one attached hydrogen (secondary N) is 2. The molecular weight excluding hydrogens is 338 g/mol. The van der Waals surface area contributed by atoms with Gasteiger partial charge in [0.05, 0.1) is 21.3 Å². The van der Waals surface area contributed by atoms with E-state index in [1.165, 1.54) is 24.2 Å². The molecule has 0 aromatic carbocycles. The van der Waals surface area contributed by atoms with E-state index in [-0.39, 0.29) is 5.91 Å². The van der Waals surface area contributed by atoms with Crippen molar-refractivity contribution in [1.82, 2.24) is 15.6 Å². The highest BCUT2D eigenvalue weighted by Crippen LogP contribution is 2.32. The largest absolute Gasteiger partial charge is 0.355 e. The first-order chi connectivity index (χ1) is 10.7. The molecule has 0 spiro atoms. The Hall–Kier alpha value is -0.950. The number of carbonyl (C=O) groups excluding carboxylic acids is 1. The maximum Gasteiger partial charge on any atom is 0.226 e. The first kappa shape index (κ1) is 15.9. The van der Waals surface area contributed by atoms with Crippen LogP contribution in [0, 0.1) is 5.92 Å². The molecule has 0 saturated carbocycles. The molecule has 3 heterocycles. The van der Waals surface area contributed by atoms with Gasteiger partial charge in [-0.1, -0.05) is 11.6 Å². The van der Waals surface area contributed by atoms with E-state index in [0.29, 0.717) is 12.3 Å². The Morgan fingerprint density at radius 3 is 3.14 bits per heavy atom. The zero-order valence-electron chi connectivity index (χ0n) is 12.1. The number of rotatable bonds is 5. The number of nitrogens with zero attached hydrogens (tertiary/aromatic N) is 1. The van der Waals surface area contributed by atoms with Crippen molar-refractivity contribution in [3.8, 4) is 9.88 Å². The summed E-state index contributed by atoms with van der Waals surface area (Å²) in [6.45, 7) is 2.85. The first-order valence-corrected chi connectivity index (χ1v) is 9.45. The Kier molecular flexibility index (Phi) is 5.46. The average molecular weight is 356 g/mol. The molecule has 0 bridgehead atoms. The second kappa shape index (κ2) is 7.55. The van der Waals surface area contributed by atoms with Crippen LogP contribution in [0.15, 0.2) is 17.5 Å².